The van der Waals surface area contributed by atoms with Crippen LogP contribution in [0, 0.1) is 6.92 Å². The first-order valence-corrected chi connectivity index (χ1v) is 8.28. The Morgan fingerprint density at radius 2 is 1.79 bits per heavy atom. The van der Waals surface area contributed by atoms with Crippen molar-refractivity contribution in [3.8, 4) is 0 Å². The fourth-order valence-corrected chi connectivity index (χ4v) is 3.97. The van der Waals surface area contributed by atoms with E-state index < -0.39 is 5.41 Å². The Hall–Kier alpha value is -2.62. The topological polar surface area (TPSA) is 40.6 Å². The zero-order valence-corrected chi connectivity index (χ0v) is 14.0. The number of amides is 2. The maximum atomic E-state index is 13.4. The molecule has 4 heteroatoms. The molecule has 0 aliphatic carbocycles. The molecule has 122 valence electrons. The number of carbonyl (C=O) groups is 2. The lowest BCUT2D eigenvalue weighted by molar-refractivity contribution is -0.128. The molecule has 0 radical (unpaired) electrons. The van der Waals surface area contributed by atoms with Crippen molar-refractivity contribution in [3.63, 3.8) is 0 Å². The van der Waals surface area contributed by atoms with Gasteiger partial charge in [0.1, 0.15) is 0 Å². The normalized spacial score (nSPS) is 23.1. The van der Waals surface area contributed by atoms with E-state index in [1.54, 1.807) is 11.9 Å². The predicted octanol–water partition coefficient (Wildman–Crippen LogP) is 3.04. The maximum absolute atomic E-state index is 13.4. The minimum Gasteiger partial charge on any atom is -0.315 e. The van der Waals surface area contributed by atoms with Crippen molar-refractivity contribution in [2.45, 2.75) is 25.2 Å². The van der Waals surface area contributed by atoms with Crippen LogP contribution >= 0.6 is 0 Å². The van der Waals surface area contributed by atoms with Gasteiger partial charge in [-0.2, -0.15) is 0 Å². The van der Waals surface area contributed by atoms with E-state index in [4.69, 9.17) is 0 Å². The summed E-state index contributed by atoms with van der Waals surface area (Å²) in [5, 5.41) is 0. The predicted molar refractivity (Wildman–Crippen MR) is 94.3 cm³/mol. The van der Waals surface area contributed by atoms with Gasteiger partial charge in [-0.15, -0.1) is 0 Å². The molecule has 1 spiro atoms. The molecule has 1 atom stereocenters. The number of fused-ring (bicyclic) bond motifs is 2. The van der Waals surface area contributed by atoms with Gasteiger partial charge in [-0.25, -0.2) is 0 Å². The average Bonchev–Trinajstić information content (AvgIpc) is 2.91. The third-order valence-electron chi connectivity index (χ3n) is 5.34. The molecule has 4 nitrogen and oxygen atoms in total. The average molecular weight is 320 g/mol. The van der Waals surface area contributed by atoms with Crippen LogP contribution < -0.4 is 9.80 Å². The SMILES string of the molecule is Cc1ccc2c(c1)[C@@]1(CCN(c3ccccc3)C1=O)CC(=O)N2C. The van der Waals surface area contributed by atoms with Crippen LogP contribution in [0.4, 0.5) is 11.4 Å². The Morgan fingerprint density at radius 3 is 2.54 bits per heavy atom. The van der Waals surface area contributed by atoms with Crippen LogP contribution in [0.2, 0.25) is 0 Å². The first-order valence-electron chi connectivity index (χ1n) is 8.28. The van der Waals surface area contributed by atoms with Gasteiger partial charge in [-0.05, 0) is 37.1 Å². The molecule has 2 aliphatic heterocycles. The van der Waals surface area contributed by atoms with Gasteiger partial charge in [0.2, 0.25) is 11.8 Å². The van der Waals surface area contributed by atoms with Crippen LogP contribution in [0.1, 0.15) is 24.0 Å². The quantitative estimate of drug-likeness (QED) is 0.810. The molecular formula is C20H20N2O2. The Morgan fingerprint density at radius 1 is 1.04 bits per heavy atom. The molecule has 2 aromatic rings. The molecule has 0 aromatic heterocycles. The number of para-hydroxylation sites is 1. The molecule has 2 aromatic carbocycles. The van der Waals surface area contributed by atoms with E-state index in [-0.39, 0.29) is 18.2 Å². The smallest absolute Gasteiger partial charge is 0.238 e. The van der Waals surface area contributed by atoms with Crippen molar-refractivity contribution >= 4 is 23.2 Å². The van der Waals surface area contributed by atoms with Crippen molar-refractivity contribution < 1.29 is 9.59 Å². The van der Waals surface area contributed by atoms with E-state index >= 15 is 0 Å². The molecule has 1 fully saturated rings. The van der Waals surface area contributed by atoms with Gasteiger partial charge in [0, 0.05) is 31.4 Å². The lowest BCUT2D eigenvalue weighted by Crippen LogP contribution is -2.47. The van der Waals surface area contributed by atoms with Gasteiger partial charge >= 0.3 is 0 Å². The number of carbonyl (C=O) groups excluding carboxylic acids is 2. The first-order chi connectivity index (χ1) is 11.5. The van der Waals surface area contributed by atoms with E-state index in [2.05, 4.69) is 6.07 Å². The number of hydrogen-bond acceptors (Lipinski definition) is 2. The van der Waals surface area contributed by atoms with E-state index in [0.29, 0.717) is 13.0 Å². The number of anilines is 2. The Labute approximate surface area is 141 Å². The van der Waals surface area contributed by atoms with Crippen LogP contribution in [-0.4, -0.2) is 25.4 Å². The monoisotopic (exact) mass is 320 g/mol. The Balaban J connectivity index is 1.84. The third kappa shape index (κ3) is 1.99. The van der Waals surface area contributed by atoms with E-state index in [0.717, 1.165) is 22.5 Å². The van der Waals surface area contributed by atoms with Crippen LogP contribution in [0.3, 0.4) is 0 Å². The molecular weight excluding hydrogens is 300 g/mol. The van der Waals surface area contributed by atoms with Crippen molar-refractivity contribution in [2.24, 2.45) is 0 Å². The number of benzene rings is 2. The van der Waals surface area contributed by atoms with Crippen LogP contribution in [0.15, 0.2) is 48.5 Å². The van der Waals surface area contributed by atoms with Gasteiger partial charge < -0.3 is 9.80 Å². The molecule has 2 amide bonds. The Kier molecular flexibility index (Phi) is 3.23. The minimum absolute atomic E-state index is 0.00890. The molecule has 4 rings (SSSR count). The van der Waals surface area contributed by atoms with Gasteiger partial charge in [0.15, 0.2) is 0 Å². The minimum atomic E-state index is -0.721. The zero-order chi connectivity index (χ0) is 16.9. The van der Waals surface area contributed by atoms with E-state index in [9.17, 15) is 9.59 Å². The second-order valence-corrected chi connectivity index (χ2v) is 6.77. The lowest BCUT2D eigenvalue weighted by atomic mass is 9.72. The molecule has 1 saturated heterocycles. The Bertz CT molecular complexity index is 831. The highest BCUT2D eigenvalue weighted by Crippen LogP contribution is 2.47. The van der Waals surface area contributed by atoms with Gasteiger partial charge in [-0.1, -0.05) is 35.9 Å². The summed E-state index contributed by atoms with van der Waals surface area (Å²) in [7, 11) is 1.79. The summed E-state index contributed by atoms with van der Waals surface area (Å²) in [5.74, 6) is 0.0524. The maximum Gasteiger partial charge on any atom is 0.238 e. The highest BCUT2D eigenvalue weighted by atomic mass is 16.2. The molecule has 0 N–H and O–H groups in total. The van der Waals surface area contributed by atoms with Crippen molar-refractivity contribution in [1.82, 2.24) is 0 Å². The summed E-state index contributed by atoms with van der Waals surface area (Å²) in [6.07, 6.45) is 0.929. The highest BCUT2D eigenvalue weighted by molar-refractivity contribution is 6.11. The molecule has 2 aliphatic rings. The van der Waals surface area contributed by atoms with Crippen LogP contribution in [0.5, 0.6) is 0 Å². The zero-order valence-electron chi connectivity index (χ0n) is 14.0. The first kappa shape index (κ1) is 14.9. The summed E-state index contributed by atoms with van der Waals surface area (Å²) in [6, 6.07) is 15.7. The second-order valence-electron chi connectivity index (χ2n) is 6.77. The lowest BCUT2D eigenvalue weighted by Gasteiger charge is -2.38. The summed E-state index contributed by atoms with van der Waals surface area (Å²) < 4.78 is 0. The standard InChI is InChI=1S/C20H20N2O2/c1-14-8-9-17-16(12-14)20(13-18(23)21(17)2)10-11-22(19(20)24)15-6-4-3-5-7-15/h3-9,12H,10-11,13H2,1-2H3/t20-/m1/s1. The van der Waals surface area contributed by atoms with Crippen molar-refractivity contribution in [1.29, 1.82) is 0 Å². The largest absolute Gasteiger partial charge is 0.315 e. The van der Waals surface area contributed by atoms with Crippen LogP contribution in [0.25, 0.3) is 0 Å². The molecule has 0 saturated carbocycles. The second kappa shape index (κ2) is 5.20. The molecule has 0 bridgehead atoms. The number of rotatable bonds is 1. The summed E-state index contributed by atoms with van der Waals surface area (Å²) in [5.41, 5.74) is 3.15. The van der Waals surface area contributed by atoms with Crippen LogP contribution in [-0.2, 0) is 15.0 Å². The highest BCUT2D eigenvalue weighted by Gasteiger charge is 2.53. The summed E-state index contributed by atoms with van der Waals surface area (Å²) in [4.78, 5) is 29.4. The number of aryl methyl sites for hydroxylation is 1. The van der Waals surface area contributed by atoms with Gasteiger partial charge in [0.05, 0.1) is 5.41 Å². The molecule has 2 heterocycles. The van der Waals surface area contributed by atoms with E-state index in [1.807, 2.05) is 54.3 Å². The number of nitrogens with zero attached hydrogens (tertiary/aromatic N) is 2. The molecule has 24 heavy (non-hydrogen) atoms. The van der Waals surface area contributed by atoms with E-state index in [1.165, 1.54) is 0 Å². The third-order valence-corrected chi connectivity index (χ3v) is 5.34. The summed E-state index contributed by atoms with van der Waals surface area (Å²) in [6.45, 7) is 2.67. The van der Waals surface area contributed by atoms with Gasteiger partial charge in [0.25, 0.3) is 0 Å². The fraction of sp³-hybridized carbons (Fsp3) is 0.300. The van der Waals surface area contributed by atoms with Gasteiger partial charge in [-0.3, -0.25) is 9.59 Å². The summed E-state index contributed by atoms with van der Waals surface area (Å²) >= 11 is 0. The fourth-order valence-electron chi connectivity index (χ4n) is 3.97. The van der Waals surface area contributed by atoms with Crippen molar-refractivity contribution in [3.05, 3.63) is 59.7 Å². The number of hydrogen-bond donors (Lipinski definition) is 0. The molecule has 0 unspecified atom stereocenters. The van der Waals surface area contributed by atoms with Crippen molar-refractivity contribution in [2.75, 3.05) is 23.4 Å².